The number of amides is 1. The average molecular weight is 480 g/mol. The van der Waals surface area contributed by atoms with E-state index in [9.17, 15) is 15.0 Å². The molecular formula is C30H57NO3. The normalized spacial score (nSPS) is 13.6. The first-order chi connectivity index (χ1) is 16.7. The van der Waals surface area contributed by atoms with Gasteiger partial charge in [0.25, 0.3) is 0 Å². The van der Waals surface area contributed by atoms with Gasteiger partial charge in [-0.2, -0.15) is 0 Å². The topological polar surface area (TPSA) is 69.6 Å². The second-order valence-electron chi connectivity index (χ2n) is 9.81. The van der Waals surface area contributed by atoms with Crippen LogP contribution in [0, 0.1) is 0 Å². The molecular weight excluding hydrogens is 422 g/mol. The maximum Gasteiger partial charge on any atom is 0.220 e. The molecule has 0 spiro atoms. The predicted molar refractivity (Wildman–Crippen MR) is 147 cm³/mol. The van der Waals surface area contributed by atoms with E-state index in [1.165, 1.54) is 83.5 Å². The van der Waals surface area contributed by atoms with E-state index in [1.807, 2.05) is 6.08 Å². The molecule has 0 fully saturated rings. The molecule has 0 aromatic carbocycles. The second kappa shape index (κ2) is 26.5. The molecule has 0 bridgehead atoms. The molecule has 200 valence electrons. The van der Waals surface area contributed by atoms with Gasteiger partial charge in [-0.25, -0.2) is 0 Å². The molecule has 4 heteroatoms. The Kier molecular flexibility index (Phi) is 25.6. The highest BCUT2D eigenvalue weighted by molar-refractivity contribution is 5.76. The van der Waals surface area contributed by atoms with E-state index in [1.54, 1.807) is 6.08 Å². The Morgan fingerprint density at radius 3 is 1.62 bits per heavy atom. The Balaban J connectivity index is 3.69. The fourth-order valence-electron chi connectivity index (χ4n) is 4.11. The van der Waals surface area contributed by atoms with Crippen molar-refractivity contribution in [2.24, 2.45) is 0 Å². The van der Waals surface area contributed by atoms with Gasteiger partial charge in [0.1, 0.15) is 0 Å². The first-order valence-electron chi connectivity index (χ1n) is 14.6. The van der Waals surface area contributed by atoms with Crippen LogP contribution in [0.1, 0.15) is 142 Å². The quantitative estimate of drug-likeness (QED) is 0.0924. The molecule has 34 heavy (non-hydrogen) atoms. The van der Waals surface area contributed by atoms with Crippen molar-refractivity contribution >= 4 is 5.91 Å². The average Bonchev–Trinajstić information content (AvgIpc) is 2.84. The number of aliphatic hydroxyl groups is 2. The maximum atomic E-state index is 12.2. The largest absolute Gasteiger partial charge is 0.394 e. The minimum atomic E-state index is -0.835. The first kappa shape index (κ1) is 32.9. The SMILES string of the molecule is CCCCCCC/C=C\CCCCCCCC(=O)NC(CO)C(O)/C=C/CCCCCCCC. The number of unbranched alkanes of at least 4 members (excludes halogenated alkanes) is 16. The van der Waals surface area contributed by atoms with Crippen molar-refractivity contribution in [2.75, 3.05) is 6.61 Å². The highest BCUT2D eigenvalue weighted by Crippen LogP contribution is 2.10. The summed E-state index contributed by atoms with van der Waals surface area (Å²) in [4.78, 5) is 12.2. The third-order valence-electron chi connectivity index (χ3n) is 6.43. The summed E-state index contributed by atoms with van der Waals surface area (Å²) in [7, 11) is 0. The van der Waals surface area contributed by atoms with Crippen molar-refractivity contribution in [1.82, 2.24) is 5.32 Å². The number of rotatable bonds is 25. The minimum Gasteiger partial charge on any atom is -0.394 e. The van der Waals surface area contributed by atoms with Gasteiger partial charge in [0.2, 0.25) is 5.91 Å². The maximum absolute atomic E-state index is 12.2. The first-order valence-corrected chi connectivity index (χ1v) is 14.6. The van der Waals surface area contributed by atoms with Crippen LogP contribution in [0.5, 0.6) is 0 Å². The molecule has 0 saturated carbocycles. The second-order valence-corrected chi connectivity index (χ2v) is 9.81. The summed E-state index contributed by atoms with van der Waals surface area (Å²) >= 11 is 0. The third-order valence-corrected chi connectivity index (χ3v) is 6.43. The van der Waals surface area contributed by atoms with Crippen LogP contribution in [-0.4, -0.2) is 34.9 Å². The molecule has 4 nitrogen and oxygen atoms in total. The summed E-state index contributed by atoms with van der Waals surface area (Å²) in [5.41, 5.74) is 0. The van der Waals surface area contributed by atoms with Gasteiger partial charge in [0.05, 0.1) is 18.8 Å². The van der Waals surface area contributed by atoms with Gasteiger partial charge >= 0.3 is 0 Å². The Morgan fingerprint density at radius 1 is 0.676 bits per heavy atom. The number of aliphatic hydroxyl groups excluding tert-OH is 2. The van der Waals surface area contributed by atoms with E-state index in [2.05, 4.69) is 31.3 Å². The highest BCUT2D eigenvalue weighted by Gasteiger charge is 2.17. The third kappa shape index (κ3) is 22.7. The lowest BCUT2D eigenvalue weighted by Gasteiger charge is -2.20. The van der Waals surface area contributed by atoms with Crippen LogP contribution in [0.15, 0.2) is 24.3 Å². The van der Waals surface area contributed by atoms with Gasteiger partial charge < -0.3 is 15.5 Å². The fourth-order valence-corrected chi connectivity index (χ4v) is 4.11. The summed E-state index contributed by atoms with van der Waals surface area (Å²) < 4.78 is 0. The van der Waals surface area contributed by atoms with Crippen LogP contribution in [0.3, 0.4) is 0 Å². The Morgan fingerprint density at radius 2 is 1.12 bits per heavy atom. The summed E-state index contributed by atoms with van der Waals surface area (Å²) in [5, 5.41) is 22.6. The highest BCUT2D eigenvalue weighted by atomic mass is 16.3. The summed E-state index contributed by atoms with van der Waals surface area (Å²) in [6, 6.07) is -0.619. The summed E-state index contributed by atoms with van der Waals surface area (Å²) in [5.74, 6) is -0.0794. The van der Waals surface area contributed by atoms with Gasteiger partial charge in [-0.05, 0) is 44.9 Å². The molecule has 0 rings (SSSR count). The van der Waals surface area contributed by atoms with Crippen molar-refractivity contribution in [3.63, 3.8) is 0 Å². The Labute approximate surface area is 211 Å². The van der Waals surface area contributed by atoms with Crippen molar-refractivity contribution in [1.29, 1.82) is 0 Å². The zero-order valence-corrected chi connectivity index (χ0v) is 22.6. The van der Waals surface area contributed by atoms with Crippen LogP contribution in [0.2, 0.25) is 0 Å². The number of hydrogen-bond donors (Lipinski definition) is 3. The van der Waals surface area contributed by atoms with Crippen LogP contribution in [0.4, 0.5) is 0 Å². The molecule has 0 aliphatic heterocycles. The standard InChI is InChI=1S/C30H57NO3/c1-3-5-7-9-11-13-14-15-16-17-18-20-22-24-26-30(34)31-28(27-32)29(33)25-23-21-19-12-10-8-6-4-2/h14-15,23,25,28-29,32-33H,3-13,16-22,24,26-27H2,1-2H3,(H,31,34)/b15-14-,25-23+. The number of carbonyl (C=O) groups is 1. The predicted octanol–water partition coefficient (Wildman–Crippen LogP) is 7.78. The molecule has 0 aliphatic rings. The number of allylic oxidation sites excluding steroid dienone is 3. The molecule has 0 aromatic rings. The number of hydrogen-bond acceptors (Lipinski definition) is 3. The zero-order valence-electron chi connectivity index (χ0n) is 22.6. The molecule has 1 amide bonds. The molecule has 3 N–H and O–H groups in total. The van der Waals surface area contributed by atoms with Crippen molar-refractivity contribution in [3.8, 4) is 0 Å². The van der Waals surface area contributed by atoms with Crippen LogP contribution >= 0.6 is 0 Å². The summed E-state index contributed by atoms with van der Waals surface area (Å²) in [6.07, 6.45) is 31.0. The van der Waals surface area contributed by atoms with Crippen LogP contribution in [0.25, 0.3) is 0 Å². The lowest BCUT2D eigenvalue weighted by molar-refractivity contribution is -0.123. The van der Waals surface area contributed by atoms with E-state index in [0.29, 0.717) is 6.42 Å². The van der Waals surface area contributed by atoms with Gasteiger partial charge in [0, 0.05) is 6.42 Å². The van der Waals surface area contributed by atoms with Gasteiger partial charge in [-0.1, -0.05) is 115 Å². The van der Waals surface area contributed by atoms with E-state index in [4.69, 9.17) is 0 Å². The fraction of sp³-hybridized carbons (Fsp3) is 0.833. The summed E-state index contributed by atoms with van der Waals surface area (Å²) in [6.45, 7) is 4.23. The Bertz CT molecular complexity index is 489. The Hall–Kier alpha value is -1.13. The molecule has 0 heterocycles. The monoisotopic (exact) mass is 479 g/mol. The molecule has 0 radical (unpaired) electrons. The molecule has 2 atom stereocenters. The van der Waals surface area contributed by atoms with Gasteiger partial charge in [0.15, 0.2) is 0 Å². The van der Waals surface area contributed by atoms with Crippen molar-refractivity contribution in [2.45, 2.75) is 154 Å². The van der Waals surface area contributed by atoms with E-state index < -0.39 is 12.1 Å². The lowest BCUT2D eigenvalue weighted by Crippen LogP contribution is -2.45. The van der Waals surface area contributed by atoms with Crippen molar-refractivity contribution in [3.05, 3.63) is 24.3 Å². The minimum absolute atomic E-state index is 0.0794. The molecule has 0 aromatic heterocycles. The molecule has 0 saturated heterocycles. The van der Waals surface area contributed by atoms with E-state index in [-0.39, 0.29) is 12.5 Å². The van der Waals surface area contributed by atoms with Crippen LogP contribution in [-0.2, 0) is 4.79 Å². The van der Waals surface area contributed by atoms with Gasteiger partial charge in [-0.3, -0.25) is 4.79 Å². The van der Waals surface area contributed by atoms with Crippen molar-refractivity contribution < 1.29 is 15.0 Å². The van der Waals surface area contributed by atoms with E-state index >= 15 is 0 Å². The van der Waals surface area contributed by atoms with Crippen LogP contribution < -0.4 is 5.32 Å². The number of nitrogens with one attached hydrogen (secondary N) is 1. The molecule has 0 aliphatic carbocycles. The number of carbonyl (C=O) groups excluding carboxylic acids is 1. The smallest absolute Gasteiger partial charge is 0.220 e. The molecule has 2 unspecified atom stereocenters. The lowest BCUT2D eigenvalue weighted by atomic mass is 10.1. The zero-order chi connectivity index (χ0) is 25.1. The van der Waals surface area contributed by atoms with E-state index in [0.717, 1.165) is 38.5 Å². The van der Waals surface area contributed by atoms with Gasteiger partial charge in [-0.15, -0.1) is 0 Å².